The highest BCUT2D eigenvalue weighted by molar-refractivity contribution is 9.10. The maximum atomic E-state index is 12.6. The van der Waals surface area contributed by atoms with Crippen molar-refractivity contribution in [2.75, 3.05) is 37.1 Å². The van der Waals surface area contributed by atoms with Crippen molar-refractivity contribution >= 4 is 45.1 Å². The highest BCUT2D eigenvalue weighted by Gasteiger charge is 2.25. The lowest BCUT2D eigenvalue weighted by atomic mass is 10.2. The van der Waals surface area contributed by atoms with E-state index >= 15 is 0 Å². The minimum absolute atomic E-state index is 0.197. The Morgan fingerprint density at radius 3 is 2.51 bits per heavy atom. The molecule has 0 saturated heterocycles. The van der Waals surface area contributed by atoms with Gasteiger partial charge in [-0.25, -0.2) is 4.79 Å². The third kappa shape index (κ3) is 5.99. The van der Waals surface area contributed by atoms with Crippen molar-refractivity contribution in [1.82, 2.24) is 0 Å². The average Bonchev–Trinajstić information content (AvgIpc) is 3.31. The van der Waals surface area contributed by atoms with Crippen LogP contribution in [-0.2, 0) is 20.7 Å². The molecule has 0 radical (unpaired) electrons. The fraction of sp³-hybridized carbons (Fsp3) is 0.192. The van der Waals surface area contributed by atoms with E-state index in [0.717, 1.165) is 22.1 Å². The molecule has 180 valence electrons. The van der Waals surface area contributed by atoms with Gasteiger partial charge in [0.05, 0.1) is 12.7 Å². The maximum Gasteiger partial charge on any atom is 0.338 e. The maximum absolute atomic E-state index is 12.6. The summed E-state index contributed by atoms with van der Waals surface area (Å²) in [6.45, 7) is -0.0586. The quantitative estimate of drug-likeness (QED) is 0.431. The van der Waals surface area contributed by atoms with Gasteiger partial charge in [0.1, 0.15) is 0 Å². The lowest BCUT2D eigenvalue weighted by molar-refractivity contribution is -0.121. The number of para-hydroxylation sites is 1. The lowest BCUT2D eigenvalue weighted by Crippen LogP contribution is -2.33. The average molecular weight is 539 g/mol. The van der Waals surface area contributed by atoms with Crippen LogP contribution >= 0.6 is 15.9 Å². The summed E-state index contributed by atoms with van der Waals surface area (Å²) < 4.78 is 17.0. The molecule has 3 aromatic rings. The van der Waals surface area contributed by atoms with E-state index in [4.69, 9.17) is 14.2 Å². The second kappa shape index (κ2) is 11.1. The summed E-state index contributed by atoms with van der Waals surface area (Å²) in [5, 5.41) is 2.73. The summed E-state index contributed by atoms with van der Waals surface area (Å²) in [6.07, 6.45) is 0.773. The van der Waals surface area contributed by atoms with Crippen molar-refractivity contribution < 1.29 is 28.6 Å². The summed E-state index contributed by atoms with van der Waals surface area (Å²) in [7, 11) is 1.42. The van der Waals surface area contributed by atoms with Crippen LogP contribution in [0.25, 0.3) is 0 Å². The van der Waals surface area contributed by atoms with Crippen molar-refractivity contribution in [3.63, 3.8) is 0 Å². The molecule has 1 heterocycles. The number of benzene rings is 3. The zero-order valence-electron chi connectivity index (χ0n) is 19.0. The molecule has 8 nitrogen and oxygen atoms in total. The molecule has 1 aliphatic heterocycles. The van der Waals surface area contributed by atoms with Gasteiger partial charge in [-0.3, -0.25) is 9.59 Å². The molecule has 3 aromatic carbocycles. The van der Waals surface area contributed by atoms with Crippen LogP contribution in [0, 0.1) is 0 Å². The van der Waals surface area contributed by atoms with Crippen LogP contribution in [0.2, 0.25) is 0 Å². The van der Waals surface area contributed by atoms with Gasteiger partial charge in [-0.2, -0.15) is 0 Å². The molecule has 0 atom stereocenters. The Morgan fingerprint density at radius 2 is 1.74 bits per heavy atom. The first-order chi connectivity index (χ1) is 16.9. The van der Waals surface area contributed by atoms with Crippen molar-refractivity contribution in [3.05, 3.63) is 82.3 Å². The fourth-order valence-electron chi connectivity index (χ4n) is 3.67. The molecule has 1 aliphatic rings. The third-order valence-corrected chi connectivity index (χ3v) is 5.93. The number of halogens is 1. The van der Waals surface area contributed by atoms with Crippen molar-refractivity contribution in [2.24, 2.45) is 0 Å². The Labute approximate surface area is 210 Å². The minimum atomic E-state index is -0.663. The van der Waals surface area contributed by atoms with Crippen LogP contribution < -0.4 is 19.7 Å². The van der Waals surface area contributed by atoms with E-state index < -0.39 is 5.97 Å². The van der Waals surface area contributed by atoms with Gasteiger partial charge in [-0.15, -0.1) is 0 Å². The van der Waals surface area contributed by atoms with Gasteiger partial charge in [0.15, 0.2) is 24.7 Å². The van der Waals surface area contributed by atoms with Gasteiger partial charge >= 0.3 is 5.97 Å². The molecule has 0 spiro atoms. The highest BCUT2D eigenvalue weighted by Crippen LogP contribution is 2.29. The SMILES string of the molecule is COc1cc(C(=O)OCC(=O)N2CCc3ccccc32)ccc1OCC(=O)Nc1ccc(Br)cc1. The minimum Gasteiger partial charge on any atom is -0.493 e. The smallest absolute Gasteiger partial charge is 0.338 e. The van der Waals surface area contributed by atoms with Gasteiger partial charge < -0.3 is 24.4 Å². The number of esters is 1. The zero-order chi connectivity index (χ0) is 24.8. The summed E-state index contributed by atoms with van der Waals surface area (Å²) >= 11 is 3.34. The Bertz CT molecular complexity index is 1240. The number of carbonyl (C=O) groups excluding carboxylic acids is 3. The normalized spacial score (nSPS) is 12.0. The lowest BCUT2D eigenvalue weighted by Gasteiger charge is -2.17. The van der Waals surface area contributed by atoms with E-state index in [-0.39, 0.29) is 36.3 Å². The third-order valence-electron chi connectivity index (χ3n) is 5.40. The Balaban J connectivity index is 1.31. The number of amides is 2. The summed E-state index contributed by atoms with van der Waals surface area (Å²) in [4.78, 5) is 38.9. The largest absolute Gasteiger partial charge is 0.493 e. The van der Waals surface area contributed by atoms with Crippen LogP contribution in [-0.4, -0.2) is 44.7 Å². The van der Waals surface area contributed by atoms with Gasteiger partial charge in [0.2, 0.25) is 0 Å². The Kier molecular flexibility index (Phi) is 7.67. The Hall–Kier alpha value is -3.85. The molecule has 0 aromatic heterocycles. The van der Waals surface area contributed by atoms with E-state index in [1.165, 1.54) is 25.3 Å². The van der Waals surface area contributed by atoms with Crippen LogP contribution in [0.3, 0.4) is 0 Å². The van der Waals surface area contributed by atoms with Gasteiger partial charge in [-0.1, -0.05) is 34.1 Å². The predicted octanol–water partition coefficient (Wildman–Crippen LogP) is 4.22. The zero-order valence-corrected chi connectivity index (χ0v) is 20.5. The van der Waals surface area contributed by atoms with Gasteiger partial charge in [0, 0.05) is 22.4 Å². The van der Waals surface area contributed by atoms with Crippen LogP contribution in [0.4, 0.5) is 11.4 Å². The fourth-order valence-corrected chi connectivity index (χ4v) is 3.94. The molecule has 4 rings (SSSR count). The molecule has 0 saturated carbocycles. The first-order valence-electron chi connectivity index (χ1n) is 10.9. The number of ether oxygens (including phenoxy) is 3. The Morgan fingerprint density at radius 1 is 0.971 bits per heavy atom. The first-order valence-corrected chi connectivity index (χ1v) is 11.7. The molecule has 0 bridgehead atoms. The van der Waals surface area contributed by atoms with E-state index in [2.05, 4.69) is 21.2 Å². The molecule has 0 fully saturated rings. The number of methoxy groups -OCH3 is 1. The van der Waals surface area contributed by atoms with Crippen molar-refractivity contribution in [2.45, 2.75) is 6.42 Å². The second-order valence-electron chi connectivity index (χ2n) is 7.71. The van der Waals surface area contributed by atoms with Crippen LogP contribution in [0.1, 0.15) is 15.9 Å². The number of anilines is 2. The van der Waals surface area contributed by atoms with Crippen molar-refractivity contribution in [1.29, 1.82) is 0 Å². The standard InChI is InChI=1S/C26H23BrN2O6/c1-33-23-14-18(6-11-22(23)34-15-24(30)28-20-9-7-19(27)8-10-20)26(32)35-16-25(31)29-13-12-17-4-2-3-5-21(17)29/h2-11,14H,12-13,15-16H2,1H3,(H,28,30). The highest BCUT2D eigenvalue weighted by atomic mass is 79.9. The summed E-state index contributed by atoms with van der Waals surface area (Å²) in [5.41, 5.74) is 2.78. The van der Waals surface area contributed by atoms with Crippen LogP contribution in [0.5, 0.6) is 11.5 Å². The number of carbonyl (C=O) groups is 3. The molecule has 9 heteroatoms. The summed E-state index contributed by atoms with van der Waals surface area (Å²) in [5.74, 6) is -0.744. The molecule has 2 amide bonds. The number of nitrogens with one attached hydrogen (secondary N) is 1. The monoisotopic (exact) mass is 538 g/mol. The van der Waals surface area contributed by atoms with Crippen molar-refractivity contribution in [3.8, 4) is 11.5 Å². The number of nitrogens with zero attached hydrogens (tertiary/aromatic N) is 1. The first kappa shape index (κ1) is 24.3. The number of hydrogen-bond donors (Lipinski definition) is 1. The molecular weight excluding hydrogens is 516 g/mol. The van der Waals surface area contributed by atoms with E-state index in [0.29, 0.717) is 18.0 Å². The number of rotatable bonds is 8. The number of hydrogen-bond acceptors (Lipinski definition) is 6. The van der Waals surface area contributed by atoms with Gasteiger partial charge in [-0.05, 0) is 60.5 Å². The summed E-state index contributed by atoms with van der Waals surface area (Å²) in [6, 6.07) is 19.3. The molecular formula is C26H23BrN2O6. The van der Waals surface area contributed by atoms with E-state index in [9.17, 15) is 14.4 Å². The predicted molar refractivity (Wildman–Crippen MR) is 134 cm³/mol. The van der Waals surface area contributed by atoms with E-state index in [1.54, 1.807) is 17.0 Å². The topological polar surface area (TPSA) is 94.2 Å². The molecule has 0 aliphatic carbocycles. The second-order valence-corrected chi connectivity index (χ2v) is 8.63. The molecule has 0 unspecified atom stereocenters. The molecule has 1 N–H and O–H groups in total. The van der Waals surface area contributed by atoms with Gasteiger partial charge in [0.25, 0.3) is 11.8 Å². The van der Waals surface area contributed by atoms with Crippen LogP contribution in [0.15, 0.2) is 71.2 Å². The molecule has 35 heavy (non-hydrogen) atoms. The van der Waals surface area contributed by atoms with E-state index in [1.807, 2.05) is 36.4 Å². The number of fused-ring (bicyclic) bond motifs is 1.